The Labute approximate surface area is 94.0 Å². The Morgan fingerprint density at radius 3 is 2.62 bits per heavy atom. The fourth-order valence-electron chi connectivity index (χ4n) is 1.29. The van der Waals surface area contributed by atoms with Gasteiger partial charge in [0.05, 0.1) is 5.56 Å². The summed E-state index contributed by atoms with van der Waals surface area (Å²) in [7, 11) is 1.75. The van der Waals surface area contributed by atoms with E-state index in [1.165, 1.54) is 0 Å². The number of carbonyl (C=O) groups is 2. The van der Waals surface area contributed by atoms with Crippen LogP contribution in [0.15, 0.2) is 24.3 Å². The second-order valence-electron chi connectivity index (χ2n) is 3.27. The van der Waals surface area contributed by atoms with Crippen molar-refractivity contribution in [1.82, 2.24) is 5.32 Å². The minimum Gasteiger partial charge on any atom is -0.387 e. The molecule has 1 rings (SSSR count). The number of rotatable bonds is 5. The lowest BCUT2D eigenvalue weighted by Gasteiger charge is -2.08. The van der Waals surface area contributed by atoms with Crippen LogP contribution in [-0.4, -0.2) is 25.4 Å². The summed E-state index contributed by atoms with van der Waals surface area (Å²) in [5.41, 5.74) is 6.27. The van der Waals surface area contributed by atoms with Crippen LogP contribution in [0.1, 0.15) is 16.8 Å². The van der Waals surface area contributed by atoms with Crippen LogP contribution in [0, 0.1) is 0 Å². The topological polar surface area (TPSA) is 84.2 Å². The monoisotopic (exact) mass is 221 g/mol. The van der Waals surface area contributed by atoms with Crippen LogP contribution in [0.3, 0.4) is 0 Å². The largest absolute Gasteiger partial charge is 0.387 e. The van der Waals surface area contributed by atoms with Gasteiger partial charge < -0.3 is 16.4 Å². The van der Waals surface area contributed by atoms with E-state index in [2.05, 4.69) is 10.6 Å². The Hall–Kier alpha value is -2.04. The van der Waals surface area contributed by atoms with Gasteiger partial charge >= 0.3 is 0 Å². The van der Waals surface area contributed by atoms with Gasteiger partial charge in [-0.15, -0.1) is 0 Å². The number of benzene rings is 1. The standard InChI is InChI=1S/C11H15N3O2/c1-13-9-5-3-2-4-8(9)11(16)14-7-6-10(12)15/h2-5,13H,6-7H2,1H3,(H2,12,15)(H,14,16). The maximum absolute atomic E-state index is 11.7. The Bertz CT molecular complexity index is 391. The predicted molar refractivity (Wildman–Crippen MR) is 62.1 cm³/mol. The van der Waals surface area contributed by atoms with Crippen molar-refractivity contribution < 1.29 is 9.59 Å². The van der Waals surface area contributed by atoms with E-state index in [4.69, 9.17) is 5.73 Å². The molecule has 0 heterocycles. The molecule has 0 aliphatic heterocycles. The molecule has 0 saturated heterocycles. The number of amides is 2. The number of primary amides is 1. The minimum atomic E-state index is -0.429. The number of para-hydroxylation sites is 1. The number of anilines is 1. The third kappa shape index (κ3) is 3.27. The van der Waals surface area contributed by atoms with E-state index >= 15 is 0 Å². The predicted octanol–water partition coefficient (Wildman–Crippen LogP) is 0.333. The summed E-state index contributed by atoms with van der Waals surface area (Å²) in [4.78, 5) is 22.2. The molecule has 0 aliphatic rings. The van der Waals surface area contributed by atoms with E-state index in [0.717, 1.165) is 5.69 Å². The zero-order valence-corrected chi connectivity index (χ0v) is 9.12. The van der Waals surface area contributed by atoms with Crippen molar-refractivity contribution in [2.75, 3.05) is 18.9 Å². The van der Waals surface area contributed by atoms with Crippen molar-refractivity contribution in [3.8, 4) is 0 Å². The Kier molecular flexibility index (Phi) is 4.32. The number of nitrogens with two attached hydrogens (primary N) is 1. The smallest absolute Gasteiger partial charge is 0.253 e. The van der Waals surface area contributed by atoms with Gasteiger partial charge in [-0.1, -0.05) is 12.1 Å². The summed E-state index contributed by atoms with van der Waals surface area (Å²) in [6.07, 6.45) is 0.146. The average Bonchev–Trinajstić information content (AvgIpc) is 2.28. The Morgan fingerprint density at radius 2 is 2.00 bits per heavy atom. The van der Waals surface area contributed by atoms with Gasteiger partial charge in [0.15, 0.2) is 0 Å². The maximum Gasteiger partial charge on any atom is 0.253 e. The number of hydrogen-bond donors (Lipinski definition) is 3. The van der Waals surface area contributed by atoms with E-state index < -0.39 is 5.91 Å². The van der Waals surface area contributed by atoms with Crippen LogP contribution >= 0.6 is 0 Å². The lowest BCUT2D eigenvalue weighted by Crippen LogP contribution is -2.28. The lowest BCUT2D eigenvalue weighted by molar-refractivity contribution is -0.117. The molecule has 2 amide bonds. The first-order chi connectivity index (χ1) is 7.65. The highest BCUT2D eigenvalue weighted by Gasteiger charge is 2.09. The van der Waals surface area contributed by atoms with Gasteiger partial charge in [-0.05, 0) is 12.1 Å². The van der Waals surface area contributed by atoms with E-state index in [1.807, 2.05) is 12.1 Å². The SMILES string of the molecule is CNc1ccccc1C(=O)NCCC(N)=O. The van der Waals surface area contributed by atoms with Crippen molar-refractivity contribution >= 4 is 17.5 Å². The fourth-order valence-corrected chi connectivity index (χ4v) is 1.29. The highest BCUT2D eigenvalue weighted by molar-refractivity contribution is 5.99. The van der Waals surface area contributed by atoms with Crippen LogP contribution in [-0.2, 0) is 4.79 Å². The first-order valence-electron chi connectivity index (χ1n) is 4.98. The number of carbonyl (C=O) groups excluding carboxylic acids is 2. The minimum absolute atomic E-state index is 0.146. The fraction of sp³-hybridized carbons (Fsp3) is 0.273. The van der Waals surface area contributed by atoms with Gasteiger partial charge in [-0.3, -0.25) is 9.59 Å². The molecule has 0 bridgehead atoms. The molecule has 0 radical (unpaired) electrons. The second kappa shape index (κ2) is 5.75. The molecule has 16 heavy (non-hydrogen) atoms. The first kappa shape index (κ1) is 12.0. The van der Waals surface area contributed by atoms with Gasteiger partial charge in [0.2, 0.25) is 5.91 Å². The number of nitrogens with one attached hydrogen (secondary N) is 2. The van der Waals surface area contributed by atoms with Crippen molar-refractivity contribution in [3.63, 3.8) is 0 Å². The molecule has 0 aromatic heterocycles. The molecule has 4 N–H and O–H groups in total. The molecule has 0 spiro atoms. The van der Waals surface area contributed by atoms with Gasteiger partial charge in [0, 0.05) is 25.7 Å². The van der Waals surface area contributed by atoms with Crippen molar-refractivity contribution in [2.24, 2.45) is 5.73 Å². The van der Waals surface area contributed by atoms with Gasteiger partial charge in [-0.25, -0.2) is 0 Å². The van der Waals surface area contributed by atoms with Crippen LogP contribution < -0.4 is 16.4 Å². The molecule has 5 heteroatoms. The van der Waals surface area contributed by atoms with Crippen molar-refractivity contribution in [2.45, 2.75) is 6.42 Å². The first-order valence-corrected chi connectivity index (χ1v) is 4.98. The lowest BCUT2D eigenvalue weighted by atomic mass is 10.1. The summed E-state index contributed by atoms with van der Waals surface area (Å²) < 4.78 is 0. The van der Waals surface area contributed by atoms with Crippen molar-refractivity contribution in [1.29, 1.82) is 0 Å². The molecule has 0 atom stereocenters. The van der Waals surface area contributed by atoms with Crippen LogP contribution in [0.25, 0.3) is 0 Å². The highest BCUT2D eigenvalue weighted by Crippen LogP contribution is 2.13. The van der Waals surface area contributed by atoms with E-state index in [0.29, 0.717) is 5.56 Å². The molecular formula is C11H15N3O2. The number of hydrogen-bond acceptors (Lipinski definition) is 3. The Morgan fingerprint density at radius 1 is 1.31 bits per heavy atom. The third-order valence-corrected chi connectivity index (χ3v) is 2.10. The molecule has 0 saturated carbocycles. The van der Waals surface area contributed by atoms with E-state index in [-0.39, 0.29) is 18.9 Å². The average molecular weight is 221 g/mol. The molecule has 0 aliphatic carbocycles. The van der Waals surface area contributed by atoms with Crippen LogP contribution in [0.2, 0.25) is 0 Å². The van der Waals surface area contributed by atoms with Crippen LogP contribution in [0.5, 0.6) is 0 Å². The summed E-state index contributed by atoms with van der Waals surface area (Å²) in [5.74, 6) is -0.645. The van der Waals surface area contributed by atoms with Gasteiger partial charge in [0.1, 0.15) is 0 Å². The quantitative estimate of drug-likeness (QED) is 0.670. The molecule has 86 valence electrons. The summed E-state index contributed by atoms with van der Waals surface area (Å²) >= 11 is 0. The normalized spacial score (nSPS) is 9.56. The second-order valence-corrected chi connectivity index (χ2v) is 3.27. The molecular weight excluding hydrogens is 206 g/mol. The molecule has 0 fully saturated rings. The highest BCUT2D eigenvalue weighted by atomic mass is 16.2. The van der Waals surface area contributed by atoms with Crippen LogP contribution in [0.4, 0.5) is 5.69 Å². The summed E-state index contributed by atoms with van der Waals surface area (Å²) in [6.45, 7) is 0.256. The van der Waals surface area contributed by atoms with Gasteiger partial charge in [0.25, 0.3) is 5.91 Å². The molecule has 1 aromatic carbocycles. The zero-order valence-electron chi connectivity index (χ0n) is 9.12. The van der Waals surface area contributed by atoms with Crippen molar-refractivity contribution in [3.05, 3.63) is 29.8 Å². The summed E-state index contributed by atoms with van der Waals surface area (Å²) in [6, 6.07) is 7.14. The zero-order chi connectivity index (χ0) is 12.0. The van der Waals surface area contributed by atoms with E-state index in [1.54, 1.807) is 19.2 Å². The summed E-state index contributed by atoms with van der Waals surface area (Å²) in [5, 5.41) is 5.55. The molecule has 1 aromatic rings. The third-order valence-electron chi connectivity index (χ3n) is 2.10. The maximum atomic E-state index is 11.7. The Balaban J connectivity index is 2.62. The van der Waals surface area contributed by atoms with Gasteiger partial charge in [-0.2, -0.15) is 0 Å². The molecule has 0 unspecified atom stereocenters. The molecule has 5 nitrogen and oxygen atoms in total. The van der Waals surface area contributed by atoms with E-state index in [9.17, 15) is 9.59 Å².